The molecule has 0 saturated heterocycles. The average molecular weight is 253 g/mol. The van der Waals surface area contributed by atoms with Crippen molar-refractivity contribution in [3.8, 4) is 0 Å². The van der Waals surface area contributed by atoms with Gasteiger partial charge in [-0.1, -0.05) is 15.9 Å². The summed E-state index contributed by atoms with van der Waals surface area (Å²) in [5.74, 6) is -1.07. The summed E-state index contributed by atoms with van der Waals surface area (Å²) < 4.78 is 0.891. The van der Waals surface area contributed by atoms with Gasteiger partial charge in [-0.15, -0.1) is 0 Å². The van der Waals surface area contributed by atoms with Crippen LogP contribution >= 0.6 is 15.9 Å². The molecule has 1 N–H and O–H groups in total. The fraction of sp³-hybridized carbons (Fsp3) is 0. The third-order valence-electron chi connectivity index (χ3n) is 1.72. The quantitative estimate of drug-likeness (QED) is 0.845. The summed E-state index contributed by atoms with van der Waals surface area (Å²) in [5.41, 5.74) is 1.21. The topological polar surface area (TPSA) is 63.1 Å². The molecule has 1 heterocycles. The van der Waals surface area contributed by atoms with Crippen LogP contribution in [0.4, 0.5) is 0 Å². The largest absolute Gasteiger partial charge is 0.476 e. The zero-order valence-corrected chi connectivity index (χ0v) is 8.52. The first-order valence-electron chi connectivity index (χ1n) is 3.82. The number of aromatic nitrogens is 2. The number of halogens is 1. The minimum Gasteiger partial charge on any atom is -0.476 e. The molecule has 2 aromatic rings. The first-order valence-corrected chi connectivity index (χ1v) is 4.62. The van der Waals surface area contributed by atoms with E-state index in [0.717, 1.165) is 4.47 Å². The van der Waals surface area contributed by atoms with Gasteiger partial charge in [0.1, 0.15) is 0 Å². The molecule has 1 aromatic carbocycles. The molecule has 2 rings (SSSR count). The van der Waals surface area contributed by atoms with E-state index < -0.39 is 5.97 Å². The molecule has 0 amide bonds. The summed E-state index contributed by atoms with van der Waals surface area (Å²) in [4.78, 5) is 18.5. The molecular formula is C9H5BrN2O2. The van der Waals surface area contributed by atoms with Crippen molar-refractivity contribution < 1.29 is 9.90 Å². The van der Waals surface area contributed by atoms with E-state index in [0.29, 0.717) is 11.0 Å². The van der Waals surface area contributed by atoms with E-state index in [1.807, 2.05) is 0 Å². The molecule has 1 aromatic heterocycles. The van der Waals surface area contributed by atoms with Crippen molar-refractivity contribution >= 4 is 32.9 Å². The molecule has 4 nitrogen and oxygen atoms in total. The Labute approximate surface area is 87.7 Å². The Morgan fingerprint density at radius 1 is 1.36 bits per heavy atom. The van der Waals surface area contributed by atoms with Crippen LogP contribution in [0.25, 0.3) is 11.0 Å². The molecule has 0 spiro atoms. The number of nitrogens with zero attached hydrogens (tertiary/aromatic N) is 2. The lowest BCUT2D eigenvalue weighted by Gasteiger charge is -1.98. The molecule has 0 unspecified atom stereocenters. The molecule has 0 aliphatic rings. The highest BCUT2D eigenvalue weighted by Gasteiger charge is 2.06. The molecule has 5 heteroatoms. The Balaban J connectivity index is 2.67. The standard InChI is InChI=1S/C9H5BrN2O2/c10-5-1-2-6-7(3-5)11-4-8(12-6)9(13)14/h1-4H,(H,13,14). The van der Waals surface area contributed by atoms with E-state index >= 15 is 0 Å². The third-order valence-corrected chi connectivity index (χ3v) is 2.22. The summed E-state index contributed by atoms with van der Waals surface area (Å²) in [6, 6.07) is 5.30. The number of benzene rings is 1. The van der Waals surface area contributed by atoms with E-state index in [1.54, 1.807) is 18.2 Å². The van der Waals surface area contributed by atoms with Gasteiger partial charge >= 0.3 is 5.97 Å². The summed E-state index contributed by atoms with van der Waals surface area (Å²) in [6.07, 6.45) is 1.25. The van der Waals surface area contributed by atoms with Gasteiger partial charge in [0.05, 0.1) is 17.2 Å². The van der Waals surface area contributed by atoms with E-state index in [-0.39, 0.29) is 5.69 Å². The smallest absolute Gasteiger partial charge is 0.356 e. The lowest BCUT2D eigenvalue weighted by atomic mass is 10.3. The first-order chi connectivity index (χ1) is 6.66. The Kier molecular flexibility index (Phi) is 2.17. The maximum absolute atomic E-state index is 10.6. The van der Waals surface area contributed by atoms with Crippen LogP contribution in [-0.4, -0.2) is 21.0 Å². The minimum absolute atomic E-state index is 0.0418. The first kappa shape index (κ1) is 9.08. The number of carboxylic acid groups (broad SMARTS) is 1. The van der Waals surface area contributed by atoms with E-state index in [4.69, 9.17) is 5.11 Å². The number of hydrogen-bond acceptors (Lipinski definition) is 3. The van der Waals surface area contributed by atoms with Gasteiger partial charge in [0, 0.05) is 4.47 Å². The van der Waals surface area contributed by atoms with Crippen molar-refractivity contribution in [3.63, 3.8) is 0 Å². The van der Waals surface area contributed by atoms with E-state index in [2.05, 4.69) is 25.9 Å². The molecule has 0 aliphatic carbocycles. The second kappa shape index (κ2) is 3.34. The van der Waals surface area contributed by atoms with Gasteiger partial charge in [-0.2, -0.15) is 0 Å². The molecule has 0 fully saturated rings. The fourth-order valence-electron chi connectivity index (χ4n) is 1.09. The number of aromatic carboxylic acids is 1. The summed E-state index contributed by atoms with van der Waals surface area (Å²) >= 11 is 3.30. The van der Waals surface area contributed by atoms with Gasteiger partial charge in [0.15, 0.2) is 5.69 Å². The van der Waals surface area contributed by atoms with Crippen LogP contribution in [-0.2, 0) is 0 Å². The summed E-state index contributed by atoms with van der Waals surface area (Å²) in [5, 5.41) is 8.69. The molecule has 0 radical (unpaired) electrons. The predicted molar refractivity (Wildman–Crippen MR) is 54.2 cm³/mol. The van der Waals surface area contributed by atoms with Crippen LogP contribution in [0.5, 0.6) is 0 Å². The maximum atomic E-state index is 10.6. The highest BCUT2D eigenvalue weighted by molar-refractivity contribution is 9.10. The normalized spacial score (nSPS) is 10.4. The van der Waals surface area contributed by atoms with Gasteiger partial charge in [-0.05, 0) is 18.2 Å². The van der Waals surface area contributed by atoms with Crippen LogP contribution < -0.4 is 0 Å². The highest BCUT2D eigenvalue weighted by atomic mass is 79.9. The molecular weight excluding hydrogens is 248 g/mol. The van der Waals surface area contributed by atoms with Crippen molar-refractivity contribution in [3.05, 3.63) is 34.6 Å². The SMILES string of the molecule is O=C(O)c1cnc2cc(Br)ccc2n1. The van der Waals surface area contributed by atoms with Gasteiger partial charge in [-0.25, -0.2) is 9.78 Å². The van der Waals surface area contributed by atoms with Gasteiger partial charge in [0.2, 0.25) is 0 Å². The number of rotatable bonds is 1. The number of carboxylic acids is 1. The lowest BCUT2D eigenvalue weighted by Crippen LogP contribution is -2.01. The van der Waals surface area contributed by atoms with E-state index in [9.17, 15) is 4.79 Å². The molecule has 0 atom stereocenters. The van der Waals surface area contributed by atoms with Crippen molar-refractivity contribution in [1.82, 2.24) is 9.97 Å². The average Bonchev–Trinajstić information content (AvgIpc) is 2.16. The van der Waals surface area contributed by atoms with Crippen LogP contribution in [0.1, 0.15) is 10.5 Å². The van der Waals surface area contributed by atoms with Gasteiger partial charge in [-0.3, -0.25) is 4.98 Å². The van der Waals surface area contributed by atoms with Crippen LogP contribution in [0.3, 0.4) is 0 Å². The molecule has 0 bridgehead atoms. The van der Waals surface area contributed by atoms with Crippen LogP contribution in [0.15, 0.2) is 28.9 Å². The zero-order valence-electron chi connectivity index (χ0n) is 6.94. The lowest BCUT2D eigenvalue weighted by molar-refractivity contribution is 0.0690. The highest BCUT2D eigenvalue weighted by Crippen LogP contribution is 2.16. The Morgan fingerprint density at radius 2 is 2.14 bits per heavy atom. The third kappa shape index (κ3) is 1.58. The predicted octanol–water partition coefficient (Wildman–Crippen LogP) is 2.09. The van der Waals surface area contributed by atoms with Crippen LogP contribution in [0.2, 0.25) is 0 Å². The Morgan fingerprint density at radius 3 is 2.86 bits per heavy atom. The van der Waals surface area contributed by atoms with Crippen molar-refractivity contribution in [2.75, 3.05) is 0 Å². The van der Waals surface area contributed by atoms with Crippen molar-refractivity contribution in [2.24, 2.45) is 0 Å². The maximum Gasteiger partial charge on any atom is 0.356 e. The monoisotopic (exact) mass is 252 g/mol. The molecule has 70 valence electrons. The van der Waals surface area contributed by atoms with Gasteiger partial charge < -0.3 is 5.11 Å². The van der Waals surface area contributed by atoms with E-state index in [1.165, 1.54) is 6.20 Å². The molecule has 0 aliphatic heterocycles. The number of hydrogen-bond donors (Lipinski definition) is 1. The molecule has 0 saturated carbocycles. The minimum atomic E-state index is -1.07. The second-order valence-electron chi connectivity index (χ2n) is 2.69. The number of carbonyl (C=O) groups is 1. The second-order valence-corrected chi connectivity index (χ2v) is 3.61. The van der Waals surface area contributed by atoms with Crippen molar-refractivity contribution in [2.45, 2.75) is 0 Å². The van der Waals surface area contributed by atoms with Gasteiger partial charge in [0.25, 0.3) is 0 Å². The Hall–Kier alpha value is -1.49. The summed E-state index contributed by atoms with van der Waals surface area (Å²) in [6.45, 7) is 0. The van der Waals surface area contributed by atoms with Crippen molar-refractivity contribution in [1.29, 1.82) is 0 Å². The molecule has 14 heavy (non-hydrogen) atoms. The Bertz CT molecular complexity index is 513. The fourth-order valence-corrected chi connectivity index (χ4v) is 1.44. The van der Waals surface area contributed by atoms with Crippen LogP contribution in [0, 0.1) is 0 Å². The number of fused-ring (bicyclic) bond motifs is 1. The summed E-state index contributed by atoms with van der Waals surface area (Å²) in [7, 11) is 0. The zero-order chi connectivity index (χ0) is 10.1.